The van der Waals surface area contributed by atoms with Crippen molar-refractivity contribution >= 4 is 5.91 Å². The number of hydrogen-bond donors (Lipinski definition) is 2. The van der Waals surface area contributed by atoms with E-state index >= 15 is 0 Å². The second-order valence-corrected chi connectivity index (χ2v) is 6.65. The highest BCUT2D eigenvalue weighted by Crippen LogP contribution is 2.38. The van der Waals surface area contributed by atoms with Gasteiger partial charge >= 0.3 is 0 Å². The maximum absolute atomic E-state index is 12.8. The maximum Gasteiger partial charge on any atom is 0.251 e. The van der Waals surface area contributed by atoms with Crippen LogP contribution in [0.25, 0.3) is 0 Å². The van der Waals surface area contributed by atoms with Crippen molar-refractivity contribution in [2.24, 2.45) is 5.92 Å². The topological polar surface area (TPSA) is 80.7 Å². The lowest BCUT2D eigenvalue weighted by Crippen LogP contribution is -2.41. The molecule has 6 nitrogen and oxygen atoms in total. The number of aliphatic hydroxyl groups excluding tert-OH is 1. The second-order valence-electron chi connectivity index (χ2n) is 6.65. The lowest BCUT2D eigenvalue weighted by Gasteiger charge is -2.38. The molecule has 2 aromatic rings. The molecule has 0 aliphatic heterocycles. The molecule has 1 amide bonds. The van der Waals surface area contributed by atoms with Crippen LogP contribution in [0.4, 0.5) is 0 Å². The molecule has 138 valence electrons. The van der Waals surface area contributed by atoms with E-state index in [-0.39, 0.29) is 24.0 Å². The third-order valence-electron chi connectivity index (χ3n) is 4.89. The first-order chi connectivity index (χ1) is 12.5. The first kappa shape index (κ1) is 18.2. The first-order valence-corrected chi connectivity index (χ1v) is 8.65. The van der Waals surface area contributed by atoms with Gasteiger partial charge in [-0.25, -0.2) is 4.98 Å². The van der Waals surface area contributed by atoms with Crippen LogP contribution in [0.15, 0.2) is 36.5 Å². The fourth-order valence-corrected chi connectivity index (χ4v) is 3.32. The summed E-state index contributed by atoms with van der Waals surface area (Å²) in [6.07, 6.45) is 2.75. The van der Waals surface area contributed by atoms with Gasteiger partial charge in [0.2, 0.25) is 5.88 Å². The van der Waals surface area contributed by atoms with Gasteiger partial charge in [0, 0.05) is 17.8 Å². The van der Waals surface area contributed by atoms with Crippen LogP contribution in [0.3, 0.4) is 0 Å². The number of aliphatic hydroxyl groups is 1. The zero-order chi connectivity index (χ0) is 18.7. The third-order valence-corrected chi connectivity index (χ3v) is 4.89. The summed E-state index contributed by atoms with van der Waals surface area (Å²) in [4.78, 5) is 17.0. The predicted octanol–water partition coefficient (Wildman–Crippen LogP) is 2.65. The van der Waals surface area contributed by atoms with E-state index in [0.29, 0.717) is 24.3 Å². The highest BCUT2D eigenvalue weighted by atomic mass is 16.5. The van der Waals surface area contributed by atoms with E-state index in [9.17, 15) is 9.90 Å². The van der Waals surface area contributed by atoms with E-state index < -0.39 is 0 Å². The van der Waals surface area contributed by atoms with Crippen molar-refractivity contribution in [2.75, 3.05) is 14.2 Å². The van der Waals surface area contributed by atoms with E-state index in [1.165, 1.54) is 0 Å². The summed E-state index contributed by atoms with van der Waals surface area (Å²) in [5.41, 5.74) is 2.39. The van der Waals surface area contributed by atoms with Crippen molar-refractivity contribution in [2.45, 2.75) is 31.9 Å². The monoisotopic (exact) mass is 356 g/mol. The van der Waals surface area contributed by atoms with E-state index in [0.717, 1.165) is 16.9 Å². The fourth-order valence-electron chi connectivity index (χ4n) is 3.32. The van der Waals surface area contributed by atoms with Crippen LogP contribution in [0.1, 0.15) is 40.4 Å². The van der Waals surface area contributed by atoms with Crippen molar-refractivity contribution in [3.63, 3.8) is 0 Å². The number of nitrogens with one attached hydrogen (secondary N) is 1. The van der Waals surface area contributed by atoms with Crippen LogP contribution in [-0.2, 0) is 0 Å². The summed E-state index contributed by atoms with van der Waals surface area (Å²) < 4.78 is 10.4. The minimum Gasteiger partial charge on any atom is -0.496 e. The van der Waals surface area contributed by atoms with Crippen LogP contribution in [0, 0.1) is 12.8 Å². The number of rotatable bonds is 6. The van der Waals surface area contributed by atoms with Gasteiger partial charge < -0.3 is 19.9 Å². The lowest BCUT2D eigenvalue weighted by molar-refractivity contribution is 0.0234. The number of carbonyl (C=O) groups excluding carboxylic acids is 1. The summed E-state index contributed by atoms with van der Waals surface area (Å²) in [6.45, 7) is 1.91. The van der Waals surface area contributed by atoms with Crippen molar-refractivity contribution in [3.05, 3.63) is 53.2 Å². The van der Waals surface area contributed by atoms with Gasteiger partial charge in [0.1, 0.15) is 5.75 Å². The molecule has 2 N–H and O–H groups in total. The van der Waals surface area contributed by atoms with Crippen molar-refractivity contribution < 1.29 is 19.4 Å². The van der Waals surface area contributed by atoms with Crippen LogP contribution < -0.4 is 14.8 Å². The zero-order valence-corrected chi connectivity index (χ0v) is 15.2. The zero-order valence-electron chi connectivity index (χ0n) is 15.2. The Labute approximate surface area is 153 Å². The Morgan fingerprint density at radius 1 is 1.23 bits per heavy atom. The van der Waals surface area contributed by atoms with E-state index in [2.05, 4.69) is 10.3 Å². The number of aromatic nitrogens is 1. The highest BCUT2D eigenvalue weighted by Gasteiger charge is 2.36. The van der Waals surface area contributed by atoms with Crippen molar-refractivity contribution in [1.29, 1.82) is 0 Å². The third kappa shape index (κ3) is 3.80. The molecule has 26 heavy (non-hydrogen) atoms. The summed E-state index contributed by atoms with van der Waals surface area (Å²) >= 11 is 0. The minimum absolute atomic E-state index is 0.155. The molecule has 1 aliphatic carbocycles. The van der Waals surface area contributed by atoms with Crippen LogP contribution >= 0.6 is 0 Å². The summed E-state index contributed by atoms with van der Waals surface area (Å²) in [5.74, 6) is 1.30. The van der Waals surface area contributed by atoms with Crippen LogP contribution in [0.2, 0.25) is 0 Å². The standard InChI is InChI=1S/C20H24N2O4/c1-12-8-13(4-6-17(12)25-2)20(24)22-19(15-9-16(23)10-15)14-5-7-18(26-3)21-11-14/h4-8,11,15-16,19,23H,9-10H2,1-3H3,(H,22,24)/t15?,16?,19-/m1/s1. The fraction of sp³-hybridized carbons (Fsp3) is 0.400. The van der Waals surface area contributed by atoms with Gasteiger partial charge in [-0.1, -0.05) is 6.07 Å². The van der Waals surface area contributed by atoms with E-state index in [1.807, 2.05) is 19.1 Å². The smallest absolute Gasteiger partial charge is 0.251 e. The number of carbonyl (C=O) groups is 1. The number of methoxy groups -OCH3 is 2. The quantitative estimate of drug-likeness (QED) is 0.832. The van der Waals surface area contributed by atoms with Crippen molar-refractivity contribution in [3.8, 4) is 11.6 Å². The average molecular weight is 356 g/mol. The molecule has 0 unspecified atom stereocenters. The van der Waals surface area contributed by atoms with E-state index in [4.69, 9.17) is 9.47 Å². The molecular weight excluding hydrogens is 332 g/mol. The van der Waals surface area contributed by atoms with Crippen LogP contribution in [-0.4, -0.2) is 36.3 Å². The molecule has 0 spiro atoms. The van der Waals surface area contributed by atoms with Gasteiger partial charge in [-0.3, -0.25) is 4.79 Å². The molecule has 6 heteroatoms. The van der Waals surface area contributed by atoms with Gasteiger partial charge in [0.05, 0.1) is 26.4 Å². The maximum atomic E-state index is 12.8. The van der Waals surface area contributed by atoms with Gasteiger partial charge in [0.15, 0.2) is 0 Å². The Morgan fingerprint density at radius 3 is 2.54 bits per heavy atom. The Bertz CT molecular complexity index is 770. The molecule has 0 radical (unpaired) electrons. The number of nitrogens with zero attached hydrogens (tertiary/aromatic N) is 1. The molecule has 3 rings (SSSR count). The first-order valence-electron chi connectivity index (χ1n) is 8.65. The summed E-state index contributed by atoms with van der Waals surface area (Å²) in [5, 5.41) is 12.8. The van der Waals surface area contributed by atoms with Gasteiger partial charge in [-0.05, 0) is 55.0 Å². The normalized spacial score (nSPS) is 20.0. The molecule has 1 atom stereocenters. The molecular formula is C20H24N2O4. The molecule has 1 aromatic heterocycles. The summed E-state index contributed by atoms with van der Waals surface area (Å²) in [7, 11) is 3.17. The molecule has 1 heterocycles. The summed E-state index contributed by atoms with van der Waals surface area (Å²) in [6, 6.07) is 8.84. The SMILES string of the molecule is COc1ccc([C@@H](NC(=O)c2ccc(OC)c(C)c2)C2CC(O)C2)cn1. The number of ether oxygens (including phenoxy) is 2. The molecule has 0 bridgehead atoms. The average Bonchev–Trinajstić information content (AvgIpc) is 2.63. The highest BCUT2D eigenvalue weighted by molar-refractivity contribution is 5.94. The number of benzene rings is 1. The van der Waals surface area contributed by atoms with Gasteiger partial charge in [-0.15, -0.1) is 0 Å². The Morgan fingerprint density at radius 2 is 2.00 bits per heavy atom. The lowest BCUT2D eigenvalue weighted by atomic mass is 9.75. The van der Waals surface area contributed by atoms with Crippen LogP contribution in [0.5, 0.6) is 11.6 Å². The number of pyridine rings is 1. The second kappa shape index (κ2) is 7.74. The molecule has 0 saturated heterocycles. The number of amides is 1. The van der Waals surface area contributed by atoms with Crippen molar-refractivity contribution in [1.82, 2.24) is 10.3 Å². The number of hydrogen-bond acceptors (Lipinski definition) is 5. The molecule has 1 fully saturated rings. The Hall–Kier alpha value is -2.60. The largest absolute Gasteiger partial charge is 0.496 e. The Balaban J connectivity index is 1.80. The minimum atomic E-state index is -0.297. The van der Waals surface area contributed by atoms with Gasteiger partial charge in [0.25, 0.3) is 5.91 Å². The van der Waals surface area contributed by atoms with Gasteiger partial charge in [-0.2, -0.15) is 0 Å². The molecule has 1 aliphatic rings. The molecule has 1 saturated carbocycles. The molecule has 1 aromatic carbocycles. The predicted molar refractivity (Wildman–Crippen MR) is 97.5 cm³/mol. The number of aryl methyl sites for hydroxylation is 1. The van der Waals surface area contributed by atoms with E-state index in [1.54, 1.807) is 38.6 Å². The Kier molecular flexibility index (Phi) is 5.42.